The Morgan fingerprint density at radius 1 is 1.25 bits per heavy atom. The lowest BCUT2D eigenvalue weighted by atomic mass is 10.0. The second-order valence-electron chi connectivity index (χ2n) is 5.56. The first-order valence-electron chi connectivity index (χ1n) is 7.24. The number of fused-ring (bicyclic) bond motifs is 1. The lowest BCUT2D eigenvalue weighted by molar-refractivity contribution is 0.156. The lowest BCUT2D eigenvalue weighted by Gasteiger charge is -2.32. The molecule has 1 unspecified atom stereocenters. The molecule has 1 N–H and O–H groups in total. The molecule has 1 aromatic heterocycles. The van der Waals surface area contributed by atoms with E-state index in [0.29, 0.717) is 11.8 Å². The highest BCUT2D eigenvalue weighted by Gasteiger charge is 2.20. The number of hydrogen-bond acceptors (Lipinski definition) is 3. The molecule has 1 aromatic carbocycles. The van der Waals surface area contributed by atoms with Crippen LogP contribution in [-0.4, -0.2) is 32.1 Å². The van der Waals surface area contributed by atoms with Gasteiger partial charge in [-0.25, -0.2) is 4.98 Å². The van der Waals surface area contributed by atoms with Crippen LogP contribution >= 0.6 is 0 Å². The molecule has 20 heavy (non-hydrogen) atoms. The van der Waals surface area contributed by atoms with E-state index >= 15 is 0 Å². The van der Waals surface area contributed by atoms with Gasteiger partial charge in [-0.05, 0) is 37.5 Å². The maximum absolute atomic E-state index is 9.29. The predicted molar refractivity (Wildman–Crippen MR) is 78.5 cm³/mol. The molecule has 1 atom stereocenters. The summed E-state index contributed by atoms with van der Waals surface area (Å²) >= 11 is 0. The number of nitrogens with zero attached hydrogens (tertiary/aromatic N) is 3. The molecule has 0 aliphatic carbocycles. The second-order valence-corrected chi connectivity index (χ2v) is 5.56. The van der Waals surface area contributed by atoms with Crippen molar-refractivity contribution in [2.45, 2.75) is 38.9 Å². The number of aryl methyl sites for hydroxylation is 1. The molecule has 0 radical (unpaired) electrons. The fraction of sp³-hybridized carbons (Fsp3) is 0.438. The Balaban J connectivity index is 1.55. The third-order valence-corrected chi connectivity index (χ3v) is 4.18. The topological polar surface area (TPSA) is 41.3 Å². The van der Waals surface area contributed by atoms with Crippen molar-refractivity contribution in [1.82, 2.24) is 14.5 Å². The Hall–Kier alpha value is -1.81. The van der Waals surface area contributed by atoms with Crippen molar-refractivity contribution in [2.24, 2.45) is 0 Å². The lowest BCUT2D eigenvalue weighted by Crippen LogP contribution is -2.39. The molecule has 4 nitrogen and oxygen atoms in total. The summed E-state index contributed by atoms with van der Waals surface area (Å²) < 4.78 is 2.24. The Bertz CT molecular complexity index is 561. The summed E-state index contributed by atoms with van der Waals surface area (Å²) in [7, 11) is 0. The minimum Gasteiger partial charge on any atom is -0.508 e. The van der Waals surface area contributed by atoms with Crippen LogP contribution in [0, 0.1) is 0 Å². The van der Waals surface area contributed by atoms with Crippen LogP contribution in [0.1, 0.15) is 24.7 Å². The predicted octanol–water partition coefficient (Wildman–Crippen LogP) is 2.43. The number of rotatable bonds is 4. The number of phenols is 1. The van der Waals surface area contributed by atoms with Crippen molar-refractivity contribution < 1.29 is 5.11 Å². The van der Waals surface area contributed by atoms with Gasteiger partial charge in [-0.2, -0.15) is 0 Å². The zero-order valence-corrected chi connectivity index (χ0v) is 11.9. The summed E-state index contributed by atoms with van der Waals surface area (Å²) in [5.41, 5.74) is 1.29. The van der Waals surface area contributed by atoms with Crippen LogP contribution in [0.2, 0.25) is 0 Å². The molecular formula is C16H21N3O. The Kier molecular flexibility index (Phi) is 3.74. The van der Waals surface area contributed by atoms with Gasteiger partial charge in [-0.15, -0.1) is 0 Å². The highest BCUT2D eigenvalue weighted by molar-refractivity contribution is 5.25. The summed E-state index contributed by atoms with van der Waals surface area (Å²) in [5.74, 6) is 1.51. The first-order valence-corrected chi connectivity index (χ1v) is 7.24. The molecule has 2 heterocycles. The van der Waals surface area contributed by atoms with Crippen molar-refractivity contribution in [3.05, 3.63) is 48.0 Å². The van der Waals surface area contributed by atoms with Crippen LogP contribution in [0.4, 0.5) is 0 Å². The number of hydrogen-bond donors (Lipinski definition) is 1. The van der Waals surface area contributed by atoms with Crippen molar-refractivity contribution in [3.63, 3.8) is 0 Å². The van der Waals surface area contributed by atoms with Crippen molar-refractivity contribution in [1.29, 1.82) is 0 Å². The Labute approximate surface area is 119 Å². The van der Waals surface area contributed by atoms with E-state index < -0.39 is 0 Å². The number of benzene rings is 1. The molecule has 3 rings (SSSR count). The molecule has 0 fully saturated rings. The third kappa shape index (κ3) is 2.85. The highest BCUT2D eigenvalue weighted by Crippen LogP contribution is 2.17. The van der Waals surface area contributed by atoms with Crippen molar-refractivity contribution in [2.75, 3.05) is 6.54 Å². The SMILES string of the molecule is CC(CCc1ccc(O)cc1)N1CCn2ccnc2C1. The van der Waals surface area contributed by atoms with E-state index in [1.165, 1.54) is 11.4 Å². The van der Waals surface area contributed by atoms with Crippen LogP contribution in [0.3, 0.4) is 0 Å². The molecule has 0 spiro atoms. The van der Waals surface area contributed by atoms with Gasteiger partial charge in [0.2, 0.25) is 0 Å². The summed E-state index contributed by atoms with van der Waals surface area (Å²) in [5, 5.41) is 9.29. The number of aromatic nitrogens is 2. The summed E-state index contributed by atoms with van der Waals surface area (Å²) in [6.07, 6.45) is 6.13. The quantitative estimate of drug-likeness (QED) is 0.928. The molecule has 1 aliphatic heterocycles. The number of imidazole rings is 1. The van der Waals surface area contributed by atoms with Gasteiger partial charge < -0.3 is 9.67 Å². The maximum Gasteiger partial charge on any atom is 0.122 e. The minimum atomic E-state index is 0.338. The van der Waals surface area contributed by atoms with Crippen LogP contribution in [0.15, 0.2) is 36.7 Å². The second kappa shape index (κ2) is 5.67. The van der Waals surface area contributed by atoms with E-state index in [0.717, 1.165) is 32.5 Å². The Morgan fingerprint density at radius 3 is 2.85 bits per heavy atom. The molecule has 4 heteroatoms. The fourth-order valence-corrected chi connectivity index (χ4v) is 2.79. The van der Waals surface area contributed by atoms with Gasteiger partial charge in [0.25, 0.3) is 0 Å². The zero-order valence-electron chi connectivity index (χ0n) is 11.9. The largest absolute Gasteiger partial charge is 0.508 e. The van der Waals surface area contributed by atoms with E-state index in [1.807, 2.05) is 18.3 Å². The first-order chi connectivity index (χ1) is 9.72. The zero-order chi connectivity index (χ0) is 13.9. The fourth-order valence-electron chi connectivity index (χ4n) is 2.79. The average Bonchev–Trinajstić information content (AvgIpc) is 2.93. The summed E-state index contributed by atoms with van der Waals surface area (Å²) in [6.45, 7) is 5.38. The molecule has 1 aliphatic rings. The normalized spacial score (nSPS) is 16.9. The third-order valence-electron chi connectivity index (χ3n) is 4.18. The maximum atomic E-state index is 9.29. The highest BCUT2D eigenvalue weighted by atomic mass is 16.3. The molecule has 0 bridgehead atoms. The van der Waals surface area contributed by atoms with E-state index in [1.54, 1.807) is 12.1 Å². The molecule has 0 saturated carbocycles. The van der Waals surface area contributed by atoms with Crippen LogP contribution in [0.5, 0.6) is 5.75 Å². The number of phenolic OH excluding ortho intramolecular Hbond substituents is 1. The van der Waals surface area contributed by atoms with Crippen molar-refractivity contribution >= 4 is 0 Å². The van der Waals surface area contributed by atoms with Crippen LogP contribution in [0.25, 0.3) is 0 Å². The standard InChI is InChI=1S/C16H21N3O/c1-13(2-3-14-4-6-15(20)7-5-14)19-11-10-18-9-8-17-16(18)12-19/h4-9,13,20H,2-3,10-12H2,1H3. The number of aromatic hydroxyl groups is 1. The van der Waals surface area contributed by atoms with Gasteiger partial charge in [-0.1, -0.05) is 12.1 Å². The first kappa shape index (κ1) is 13.2. The summed E-state index contributed by atoms with van der Waals surface area (Å²) in [4.78, 5) is 6.91. The van der Waals surface area contributed by atoms with Crippen LogP contribution < -0.4 is 0 Å². The van der Waals surface area contributed by atoms with Gasteiger partial charge in [0.15, 0.2) is 0 Å². The van der Waals surface area contributed by atoms with E-state index in [-0.39, 0.29) is 0 Å². The Morgan fingerprint density at radius 2 is 2.05 bits per heavy atom. The molecule has 2 aromatic rings. The monoisotopic (exact) mass is 271 g/mol. The van der Waals surface area contributed by atoms with Gasteiger partial charge in [0.05, 0.1) is 6.54 Å². The van der Waals surface area contributed by atoms with Crippen LogP contribution in [-0.2, 0) is 19.5 Å². The van der Waals surface area contributed by atoms with Gasteiger partial charge in [0, 0.05) is 31.5 Å². The average molecular weight is 271 g/mol. The molecule has 0 amide bonds. The molecular weight excluding hydrogens is 250 g/mol. The van der Waals surface area contributed by atoms with Gasteiger partial charge >= 0.3 is 0 Å². The summed E-state index contributed by atoms with van der Waals surface area (Å²) in [6, 6.07) is 8.08. The van der Waals surface area contributed by atoms with E-state index in [9.17, 15) is 5.11 Å². The van der Waals surface area contributed by atoms with Gasteiger partial charge in [0.1, 0.15) is 11.6 Å². The van der Waals surface area contributed by atoms with E-state index in [4.69, 9.17) is 0 Å². The molecule has 0 saturated heterocycles. The smallest absolute Gasteiger partial charge is 0.122 e. The van der Waals surface area contributed by atoms with E-state index in [2.05, 4.69) is 27.6 Å². The minimum absolute atomic E-state index is 0.338. The van der Waals surface area contributed by atoms with Gasteiger partial charge in [-0.3, -0.25) is 4.90 Å². The molecule has 106 valence electrons. The van der Waals surface area contributed by atoms with Crippen molar-refractivity contribution in [3.8, 4) is 5.75 Å².